The van der Waals surface area contributed by atoms with Crippen LogP contribution in [0.25, 0.3) is 0 Å². The summed E-state index contributed by atoms with van der Waals surface area (Å²) in [4.78, 5) is 20.0. The van der Waals surface area contributed by atoms with Crippen LogP contribution in [0, 0.1) is 6.92 Å². The van der Waals surface area contributed by atoms with E-state index < -0.39 is 12.0 Å². The monoisotopic (exact) mass is 321 g/mol. The summed E-state index contributed by atoms with van der Waals surface area (Å²) in [7, 11) is 0. The van der Waals surface area contributed by atoms with Crippen LogP contribution in [0.3, 0.4) is 0 Å². The third kappa shape index (κ3) is 3.44. The molecule has 1 atom stereocenters. The van der Waals surface area contributed by atoms with E-state index in [0.29, 0.717) is 22.2 Å². The van der Waals surface area contributed by atoms with Crippen LogP contribution in [0.15, 0.2) is 24.3 Å². The van der Waals surface area contributed by atoms with Gasteiger partial charge < -0.3 is 10.5 Å². The minimum Gasteiger partial charge on any atom is -0.484 e. The highest BCUT2D eigenvalue weighted by atomic mass is 35.5. The van der Waals surface area contributed by atoms with Gasteiger partial charge in [-0.1, -0.05) is 11.6 Å². The minimum atomic E-state index is -0.530. The largest absolute Gasteiger partial charge is 0.484 e. The molecule has 0 aliphatic carbocycles. The van der Waals surface area contributed by atoms with Gasteiger partial charge in [-0.15, -0.1) is 0 Å². The average Bonchev–Trinajstić information content (AvgIpc) is 2.48. The predicted molar refractivity (Wildman–Crippen MR) is 83.3 cm³/mol. The number of amides is 1. The topological polar surface area (TPSA) is 116 Å². The molecule has 1 heterocycles. The van der Waals surface area contributed by atoms with E-state index >= 15 is 0 Å². The summed E-state index contributed by atoms with van der Waals surface area (Å²) in [6.07, 6.45) is -0.530. The molecule has 2 aromatic rings. The molecule has 0 aliphatic rings. The number of benzene rings is 1. The average molecular weight is 322 g/mol. The Morgan fingerprint density at radius 1 is 1.32 bits per heavy atom. The zero-order chi connectivity index (χ0) is 16.3. The maximum Gasteiger partial charge on any atom is 0.269 e. The number of aromatic nitrogens is 2. The molecule has 1 aromatic carbocycles. The van der Waals surface area contributed by atoms with Gasteiger partial charge in [0.1, 0.15) is 11.9 Å². The Morgan fingerprint density at radius 3 is 2.55 bits per heavy atom. The molecule has 0 spiro atoms. The van der Waals surface area contributed by atoms with Crippen molar-refractivity contribution < 1.29 is 9.53 Å². The molecule has 5 N–H and O–H groups in total. The first kappa shape index (κ1) is 16.0. The van der Waals surface area contributed by atoms with Crippen molar-refractivity contribution in [3.8, 4) is 5.75 Å². The van der Waals surface area contributed by atoms with E-state index in [9.17, 15) is 4.79 Å². The van der Waals surface area contributed by atoms with E-state index in [1.54, 1.807) is 38.1 Å². The predicted octanol–water partition coefficient (Wildman–Crippen LogP) is 1.76. The summed E-state index contributed by atoms with van der Waals surface area (Å²) in [5, 5.41) is 0.602. The summed E-state index contributed by atoms with van der Waals surface area (Å²) >= 11 is 5.83. The van der Waals surface area contributed by atoms with Crippen LogP contribution in [0.1, 0.15) is 34.8 Å². The first-order chi connectivity index (χ1) is 10.4. The molecule has 2 rings (SSSR count). The number of rotatable bonds is 4. The van der Waals surface area contributed by atoms with Gasteiger partial charge in [-0.25, -0.2) is 15.8 Å². The Labute approximate surface area is 132 Å². The lowest BCUT2D eigenvalue weighted by Crippen LogP contribution is -2.33. The molecular weight excluding hydrogens is 306 g/mol. The number of nitrogens with zero attached hydrogens (tertiary/aromatic N) is 2. The van der Waals surface area contributed by atoms with Crippen molar-refractivity contribution in [3.63, 3.8) is 0 Å². The van der Waals surface area contributed by atoms with Crippen molar-refractivity contribution in [2.75, 3.05) is 5.73 Å². The highest BCUT2D eigenvalue weighted by molar-refractivity contribution is 6.30. The first-order valence-corrected chi connectivity index (χ1v) is 6.87. The van der Waals surface area contributed by atoms with Gasteiger partial charge in [0, 0.05) is 5.02 Å². The molecule has 7 nitrogen and oxygen atoms in total. The number of nitrogen functional groups attached to an aromatic ring is 2. The second-order valence-electron chi connectivity index (χ2n) is 4.61. The van der Waals surface area contributed by atoms with E-state index in [2.05, 4.69) is 15.4 Å². The number of anilines is 1. The van der Waals surface area contributed by atoms with E-state index in [4.69, 9.17) is 27.9 Å². The van der Waals surface area contributed by atoms with Gasteiger partial charge in [0.15, 0.2) is 0 Å². The molecule has 116 valence electrons. The Hall–Kier alpha value is -2.38. The second-order valence-corrected chi connectivity index (χ2v) is 5.05. The summed E-state index contributed by atoms with van der Waals surface area (Å²) in [5.74, 6) is 5.36. The maximum absolute atomic E-state index is 11.9. The van der Waals surface area contributed by atoms with Crippen LogP contribution in [0.2, 0.25) is 5.02 Å². The quantitative estimate of drug-likeness (QED) is 0.449. The molecule has 0 saturated heterocycles. The van der Waals surface area contributed by atoms with E-state index in [1.165, 1.54) is 0 Å². The lowest BCUT2D eigenvalue weighted by atomic mass is 10.1. The fourth-order valence-corrected chi connectivity index (χ4v) is 2.16. The Balaban J connectivity index is 2.37. The summed E-state index contributed by atoms with van der Waals surface area (Å²) < 4.78 is 5.78. The molecule has 1 amide bonds. The number of ether oxygens (including phenoxy) is 1. The zero-order valence-electron chi connectivity index (χ0n) is 12.1. The van der Waals surface area contributed by atoms with Crippen LogP contribution in [-0.4, -0.2) is 15.9 Å². The van der Waals surface area contributed by atoms with E-state index in [1.807, 2.05) is 0 Å². The fraction of sp³-hybridized carbons (Fsp3) is 0.214. The third-order valence-electron chi connectivity index (χ3n) is 3.00. The van der Waals surface area contributed by atoms with Crippen molar-refractivity contribution in [1.82, 2.24) is 15.4 Å². The smallest absolute Gasteiger partial charge is 0.269 e. The molecule has 0 radical (unpaired) electrons. The van der Waals surface area contributed by atoms with E-state index in [-0.39, 0.29) is 11.5 Å². The number of hydrazine groups is 1. The molecule has 0 aliphatic heterocycles. The second kappa shape index (κ2) is 6.59. The highest BCUT2D eigenvalue weighted by Crippen LogP contribution is 2.25. The number of nitrogens with one attached hydrogen (secondary N) is 1. The van der Waals surface area contributed by atoms with Crippen molar-refractivity contribution in [1.29, 1.82) is 0 Å². The van der Waals surface area contributed by atoms with Crippen LogP contribution < -0.4 is 21.7 Å². The summed E-state index contributed by atoms with van der Waals surface area (Å²) in [6, 6.07) is 6.85. The standard InChI is InChI=1S/C14H16ClN5O2/c1-7-11(13(21)20-17)12(19-14(16)18-7)8(2)22-10-5-3-9(15)4-6-10/h3-6,8H,17H2,1-2H3,(H,20,21)(H2,16,18,19). The van der Waals surface area contributed by atoms with Crippen LogP contribution in [0.5, 0.6) is 5.75 Å². The number of hydrogen-bond donors (Lipinski definition) is 3. The van der Waals surface area contributed by atoms with Crippen molar-refractivity contribution >= 4 is 23.5 Å². The third-order valence-corrected chi connectivity index (χ3v) is 3.26. The lowest BCUT2D eigenvalue weighted by Gasteiger charge is -2.18. The van der Waals surface area contributed by atoms with Gasteiger partial charge in [0.25, 0.3) is 5.91 Å². The lowest BCUT2D eigenvalue weighted by molar-refractivity contribution is 0.0946. The number of carbonyl (C=O) groups is 1. The molecule has 1 unspecified atom stereocenters. The van der Waals surface area contributed by atoms with Crippen LogP contribution >= 0.6 is 11.6 Å². The zero-order valence-corrected chi connectivity index (χ0v) is 12.9. The summed E-state index contributed by atoms with van der Waals surface area (Å²) in [6.45, 7) is 3.41. The number of aryl methyl sites for hydroxylation is 1. The molecule has 8 heteroatoms. The van der Waals surface area contributed by atoms with Crippen LogP contribution in [-0.2, 0) is 0 Å². The first-order valence-electron chi connectivity index (χ1n) is 6.49. The molecule has 0 bridgehead atoms. The van der Waals surface area contributed by atoms with Gasteiger partial charge in [0.2, 0.25) is 5.95 Å². The normalized spacial score (nSPS) is 11.8. The number of hydrogen-bond acceptors (Lipinski definition) is 6. The summed E-state index contributed by atoms with van der Waals surface area (Å²) in [5.41, 5.74) is 8.78. The Bertz CT molecular complexity index is 690. The minimum absolute atomic E-state index is 0.0626. The maximum atomic E-state index is 11.9. The molecule has 0 fully saturated rings. The highest BCUT2D eigenvalue weighted by Gasteiger charge is 2.22. The number of halogens is 1. The molecule has 22 heavy (non-hydrogen) atoms. The van der Waals surface area contributed by atoms with E-state index in [0.717, 1.165) is 0 Å². The van der Waals surface area contributed by atoms with Crippen molar-refractivity contribution in [2.24, 2.45) is 5.84 Å². The Morgan fingerprint density at radius 2 is 1.95 bits per heavy atom. The number of carbonyl (C=O) groups excluding carboxylic acids is 1. The van der Waals surface area contributed by atoms with Crippen LogP contribution in [0.4, 0.5) is 5.95 Å². The van der Waals surface area contributed by atoms with Gasteiger partial charge in [-0.2, -0.15) is 0 Å². The van der Waals surface area contributed by atoms with Crippen molar-refractivity contribution in [3.05, 3.63) is 46.2 Å². The molecule has 0 saturated carbocycles. The van der Waals surface area contributed by atoms with Gasteiger partial charge in [0.05, 0.1) is 17.0 Å². The van der Waals surface area contributed by atoms with Gasteiger partial charge >= 0.3 is 0 Å². The Kier molecular flexibility index (Phi) is 4.79. The fourth-order valence-electron chi connectivity index (χ4n) is 2.04. The van der Waals surface area contributed by atoms with Gasteiger partial charge in [-0.3, -0.25) is 10.2 Å². The SMILES string of the molecule is Cc1nc(N)nc(C(C)Oc2ccc(Cl)cc2)c1C(=O)NN. The number of nitrogens with two attached hydrogens (primary N) is 2. The van der Waals surface area contributed by atoms with Crippen molar-refractivity contribution in [2.45, 2.75) is 20.0 Å². The molecule has 1 aromatic heterocycles. The molecular formula is C14H16ClN5O2. The van der Waals surface area contributed by atoms with Gasteiger partial charge in [-0.05, 0) is 38.1 Å².